The van der Waals surface area contributed by atoms with Gasteiger partial charge in [0.05, 0.1) is 11.8 Å². The van der Waals surface area contributed by atoms with Gasteiger partial charge in [0.25, 0.3) is 0 Å². The van der Waals surface area contributed by atoms with E-state index in [1.807, 2.05) is 0 Å². The van der Waals surface area contributed by atoms with Gasteiger partial charge in [-0.2, -0.15) is 0 Å². The van der Waals surface area contributed by atoms with Crippen LogP contribution in [0.4, 0.5) is 4.39 Å². The average molecular weight is 280 g/mol. The molecule has 0 aliphatic carbocycles. The van der Waals surface area contributed by atoms with Crippen LogP contribution in [0.3, 0.4) is 0 Å². The Morgan fingerprint density at radius 3 is 2.89 bits per heavy atom. The summed E-state index contributed by atoms with van der Waals surface area (Å²) in [6, 6.07) is 4.31. The Bertz CT molecular complexity index is 643. The Morgan fingerprint density at radius 2 is 2.21 bits per heavy atom. The fraction of sp³-hybridized carbons (Fsp3) is 0.143. The largest absolute Gasteiger partial charge is 0.508 e. The number of benzene rings is 1. The second-order valence-corrected chi connectivity index (χ2v) is 4.59. The number of phenols is 1. The van der Waals surface area contributed by atoms with Gasteiger partial charge in [0, 0.05) is 23.2 Å². The van der Waals surface area contributed by atoms with Gasteiger partial charge >= 0.3 is 0 Å². The van der Waals surface area contributed by atoms with E-state index >= 15 is 0 Å². The lowest BCUT2D eigenvalue weighted by Crippen LogP contribution is -2.07. The number of phenolic OH excluding ortho intramolecular Hbond substituents is 1. The van der Waals surface area contributed by atoms with Gasteiger partial charge in [0.15, 0.2) is 11.6 Å². The van der Waals surface area contributed by atoms with E-state index in [2.05, 4.69) is 4.98 Å². The van der Waals surface area contributed by atoms with Gasteiger partial charge in [-0.05, 0) is 24.6 Å². The molecule has 0 amide bonds. The zero-order chi connectivity index (χ0) is 14.0. The Kier molecular flexibility index (Phi) is 3.81. The van der Waals surface area contributed by atoms with Crippen molar-refractivity contribution in [3.8, 4) is 5.75 Å². The molecule has 0 saturated heterocycles. The van der Waals surface area contributed by atoms with E-state index in [9.17, 15) is 14.3 Å². The van der Waals surface area contributed by atoms with Crippen LogP contribution >= 0.6 is 11.6 Å². The maximum Gasteiger partial charge on any atom is 0.170 e. The van der Waals surface area contributed by atoms with Crippen LogP contribution in [0, 0.1) is 12.7 Å². The van der Waals surface area contributed by atoms with Crippen LogP contribution in [0.2, 0.25) is 5.02 Å². The monoisotopic (exact) mass is 279 g/mol. The zero-order valence-electron chi connectivity index (χ0n) is 10.2. The first kappa shape index (κ1) is 13.5. The molecule has 0 unspecified atom stereocenters. The molecule has 0 aliphatic heterocycles. The highest BCUT2D eigenvalue weighted by Gasteiger charge is 2.15. The Morgan fingerprint density at radius 1 is 1.47 bits per heavy atom. The lowest BCUT2D eigenvalue weighted by Gasteiger charge is -2.07. The van der Waals surface area contributed by atoms with Crippen molar-refractivity contribution in [2.45, 2.75) is 13.3 Å². The van der Waals surface area contributed by atoms with E-state index in [4.69, 9.17) is 11.6 Å². The Labute approximate surface area is 114 Å². The lowest BCUT2D eigenvalue weighted by molar-refractivity contribution is 0.0988. The van der Waals surface area contributed by atoms with Gasteiger partial charge in [0.2, 0.25) is 0 Å². The number of aryl methyl sites for hydroxylation is 1. The van der Waals surface area contributed by atoms with Crippen LogP contribution in [-0.4, -0.2) is 15.9 Å². The first-order valence-corrected chi connectivity index (χ1v) is 5.97. The van der Waals surface area contributed by atoms with E-state index in [1.54, 1.807) is 13.0 Å². The van der Waals surface area contributed by atoms with Crippen molar-refractivity contribution in [2.24, 2.45) is 0 Å². The van der Waals surface area contributed by atoms with Gasteiger partial charge in [-0.15, -0.1) is 0 Å². The first-order chi connectivity index (χ1) is 8.99. The van der Waals surface area contributed by atoms with Crippen molar-refractivity contribution in [3.63, 3.8) is 0 Å². The van der Waals surface area contributed by atoms with Crippen molar-refractivity contribution in [3.05, 3.63) is 58.1 Å². The number of halogens is 2. The van der Waals surface area contributed by atoms with Gasteiger partial charge in [-0.3, -0.25) is 9.78 Å². The molecule has 1 N–H and O–H groups in total. The van der Waals surface area contributed by atoms with Crippen LogP contribution in [0.1, 0.15) is 21.5 Å². The topological polar surface area (TPSA) is 50.2 Å². The highest BCUT2D eigenvalue weighted by Crippen LogP contribution is 2.27. The zero-order valence-corrected chi connectivity index (χ0v) is 10.9. The highest BCUT2D eigenvalue weighted by atomic mass is 35.5. The molecule has 0 spiro atoms. The second kappa shape index (κ2) is 5.36. The summed E-state index contributed by atoms with van der Waals surface area (Å²) in [6.45, 7) is 1.77. The number of Topliss-reactive ketones (excluding diaryl/α,β-unsaturated/α-hetero) is 1. The van der Waals surface area contributed by atoms with Gasteiger partial charge < -0.3 is 5.11 Å². The molecule has 2 aromatic rings. The maximum atomic E-state index is 13.4. The molecule has 0 aliphatic rings. The van der Waals surface area contributed by atoms with Crippen molar-refractivity contribution in [1.29, 1.82) is 0 Å². The molecule has 2 rings (SSSR count). The SMILES string of the molecule is Cc1cc(CC(=O)c2ccncc2F)c(O)cc1Cl. The summed E-state index contributed by atoms with van der Waals surface area (Å²) < 4.78 is 13.4. The summed E-state index contributed by atoms with van der Waals surface area (Å²) in [5.74, 6) is -1.16. The normalized spacial score (nSPS) is 10.5. The van der Waals surface area contributed by atoms with Crippen LogP contribution in [0.15, 0.2) is 30.6 Å². The Balaban J connectivity index is 2.30. The molecule has 1 aromatic carbocycles. The van der Waals surface area contributed by atoms with Crippen molar-refractivity contribution in [1.82, 2.24) is 4.98 Å². The van der Waals surface area contributed by atoms with Crippen LogP contribution in [0.5, 0.6) is 5.75 Å². The summed E-state index contributed by atoms with van der Waals surface area (Å²) in [7, 11) is 0. The number of nitrogens with zero attached hydrogens (tertiary/aromatic N) is 1. The molecule has 0 fully saturated rings. The minimum atomic E-state index is -0.669. The highest BCUT2D eigenvalue weighted by molar-refractivity contribution is 6.31. The molecular weight excluding hydrogens is 269 g/mol. The van der Waals surface area contributed by atoms with Gasteiger partial charge in [-0.1, -0.05) is 17.7 Å². The van der Waals surface area contributed by atoms with Crippen LogP contribution in [0.25, 0.3) is 0 Å². The predicted molar refractivity (Wildman–Crippen MR) is 70.1 cm³/mol. The first-order valence-electron chi connectivity index (χ1n) is 5.59. The number of aromatic nitrogens is 1. The minimum absolute atomic E-state index is 0.0398. The third-order valence-electron chi connectivity index (χ3n) is 2.78. The smallest absolute Gasteiger partial charge is 0.170 e. The molecule has 0 radical (unpaired) electrons. The second-order valence-electron chi connectivity index (χ2n) is 4.19. The summed E-state index contributed by atoms with van der Waals surface area (Å²) >= 11 is 5.85. The number of hydrogen-bond donors (Lipinski definition) is 1. The van der Waals surface area contributed by atoms with Gasteiger partial charge in [-0.25, -0.2) is 4.39 Å². The Hall–Kier alpha value is -1.94. The molecule has 19 heavy (non-hydrogen) atoms. The van der Waals surface area contributed by atoms with Crippen molar-refractivity contribution >= 4 is 17.4 Å². The molecular formula is C14H11ClFNO2. The number of pyridine rings is 1. The number of ketones is 1. The molecule has 3 nitrogen and oxygen atoms in total. The fourth-order valence-corrected chi connectivity index (χ4v) is 1.90. The molecule has 0 saturated carbocycles. The van der Waals surface area contributed by atoms with Crippen LogP contribution < -0.4 is 0 Å². The fourth-order valence-electron chi connectivity index (χ4n) is 1.74. The molecule has 98 valence electrons. The number of carbonyl (C=O) groups is 1. The molecule has 1 aromatic heterocycles. The van der Waals surface area contributed by atoms with E-state index in [-0.39, 0.29) is 17.7 Å². The lowest BCUT2D eigenvalue weighted by atomic mass is 10.0. The third-order valence-corrected chi connectivity index (χ3v) is 3.19. The standard InChI is InChI=1S/C14H11ClFNO2/c1-8-4-9(13(18)6-11(8)15)5-14(19)10-2-3-17-7-12(10)16/h2-4,6-7,18H,5H2,1H3. The molecule has 0 atom stereocenters. The summed E-state index contributed by atoms with van der Waals surface area (Å²) in [4.78, 5) is 15.6. The number of hydrogen-bond acceptors (Lipinski definition) is 3. The maximum absolute atomic E-state index is 13.4. The molecule has 5 heteroatoms. The number of rotatable bonds is 3. The van der Waals surface area contributed by atoms with Crippen molar-refractivity contribution < 1.29 is 14.3 Å². The van der Waals surface area contributed by atoms with E-state index in [0.717, 1.165) is 11.8 Å². The number of carbonyl (C=O) groups excluding carboxylic acids is 1. The number of aromatic hydroxyl groups is 1. The minimum Gasteiger partial charge on any atom is -0.508 e. The van der Waals surface area contributed by atoms with E-state index in [0.29, 0.717) is 10.6 Å². The van der Waals surface area contributed by atoms with Crippen molar-refractivity contribution in [2.75, 3.05) is 0 Å². The van der Waals surface area contributed by atoms with Crippen LogP contribution in [-0.2, 0) is 6.42 Å². The van der Waals surface area contributed by atoms with E-state index < -0.39 is 11.6 Å². The molecule has 1 heterocycles. The predicted octanol–water partition coefficient (Wildman–Crippen LogP) is 3.31. The summed E-state index contributed by atoms with van der Waals surface area (Å²) in [6.07, 6.45) is 2.24. The summed E-state index contributed by atoms with van der Waals surface area (Å²) in [5, 5.41) is 10.2. The summed E-state index contributed by atoms with van der Waals surface area (Å²) in [5.41, 5.74) is 1.13. The van der Waals surface area contributed by atoms with E-state index in [1.165, 1.54) is 18.3 Å². The quantitative estimate of drug-likeness (QED) is 0.877. The molecule has 0 bridgehead atoms. The van der Waals surface area contributed by atoms with Gasteiger partial charge in [0.1, 0.15) is 5.75 Å². The average Bonchev–Trinajstić information content (AvgIpc) is 2.36. The third kappa shape index (κ3) is 2.90.